The van der Waals surface area contributed by atoms with Gasteiger partial charge in [-0.05, 0) is 47.1 Å². The molecule has 0 saturated heterocycles. The molecule has 5 rings (SSSR count). The minimum atomic E-state index is -1.23. The molecule has 5 heteroatoms. The highest BCUT2D eigenvalue weighted by Gasteiger charge is 2.36. The maximum Gasteiger partial charge on any atom is 0.262 e. The molecule has 0 aromatic heterocycles. The summed E-state index contributed by atoms with van der Waals surface area (Å²) < 4.78 is 19.0. The van der Waals surface area contributed by atoms with Crippen LogP contribution in [0.5, 0.6) is 5.75 Å². The van der Waals surface area contributed by atoms with E-state index >= 15 is 0 Å². The number of ether oxygens (including phenoxy) is 1. The van der Waals surface area contributed by atoms with Crippen LogP contribution in [0.1, 0.15) is 21.9 Å². The van der Waals surface area contributed by atoms with E-state index in [2.05, 4.69) is 11.4 Å². The number of anilines is 1. The molecule has 3 aromatic carbocycles. The van der Waals surface area contributed by atoms with E-state index < -0.39 is 11.2 Å². The van der Waals surface area contributed by atoms with E-state index in [0.29, 0.717) is 11.4 Å². The Bertz CT molecular complexity index is 1090. The van der Waals surface area contributed by atoms with Crippen molar-refractivity contribution in [1.29, 1.82) is 0 Å². The Balaban J connectivity index is 1.68. The Kier molecular flexibility index (Phi) is 4.19. The number of hydrogen-bond donors (Lipinski definition) is 1. The third kappa shape index (κ3) is 2.89. The first-order valence-electron chi connectivity index (χ1n) is 9.04. The maximum absolute atomic E-state index is 13.5. The van der Waals surface area contributed by atoms with Crippen LogP contribution < -0.4 is 10.1 Å². The number of fused-ring (bicyclic) bond motifs is 2. The van der Waals surface area contributed by atoms with Crippen LogP contribution in [0.4, 0.5) is 5.69 Å². The summed E-state index contributed by atoms with van der Waals surface area (Å²) in [4.78, 5) is 12.6. The van der Waals surface area contributed by atoms with Crippen molar-refractivity contribution in [3.05, 3.63) is 89.5 Å². The second-order valence-electron chi connectivity index (χ2n) is 6.77. The van der Waals surface area contributed by atoms with Crippen LogP contribution in [0.25, 0.3) is 11.6 Å². The maximum atomic E-state index is 13.5. The van der Waals surface area contributed by atoms with Gasteiger partial charge in [0.15, 0.2) is 16.8 Å². The normalized spacial score (nSPS) is 20.3. The minimum absolute atomic E-state index is 0.0269. The Morgan fingerprint density at radius 3 is 2.64 bits per heavy atom. The molecule has 3 aromatic rings. The van der Waals surface area contributed by atoms with Gasteiger partial charge in [-0.15, -0.1) is 0 Å². The van der Waals surface area contributed by atoms with Gasteiger partial charge >= 0.3 is 0 Å². The molecule has 1 N–H and O–H groups in total. The van der Waals surface area contributed by atoms with Gasteiger partial charge in [0.1, 0.15) is 5.75 Å². The van der Waals surface area contributed by atoms with Gasteiger partial charge in [-0.25, -0.2) is 0 Å². The van der Waals surface area contributed by atoms with Gasteiger partial charge < -0.3 is 14.6 Å². The zero-order chi connectivity index (χ0) is 19.1. The SMILES string of the molecule is O=C1COc2ccc(C3=Cc4ccccc4[S+]([O-])C3c3ccccc3)cc2N1. The van der Waals surface area contributed by atoms with Crippen molar-refractivity contribution in [3.63, 3.8) is 0 Å². The Morgan fingerprint density at radius 1 is 1.00 bits per heavy atom. The molecule has 2 aliphatic rings. The summed E-state index contributed by atoms with van der Waals surface area (Å²) in [5, 5.41) is 2.57. The summed E-state index contributed by atoms with van der Waals surface area (Å²) in [6, 6.07) is 23.4. The fourth-order valence-electron chi connectivity index (χ4n) is 3.70. The number of rotatable bonds is 2. The lowest BCUT2D eigenvalue weighted by molar-refractivity contribution is -0.118. The van der Waals surface area contributed by atoms with E-state index in [9.17, 15) is 9.35 Å². The average Bonchev–Trinajstić information content (AvgIpc) is 2.74. The molecule has 0 saturated carbocycles. The predicted molar refractivity (Wildman–Crippen MR) is 110 cm³/mol. The molecule has 0 aliphatic carbocycles. The summed E-state index contributed by atoms with van der Waals surface area (Å²) in [6.07, 6.45) is 2.10. The molecule has 0 bridgehead atoms. The monoisotopic (exact) mass is 387 g/mol. The van der Waals surface area contributed by atoms with Gasteiger partial charge in [0.2, 0.25) is 0 Å². The molecule has 2 unspecified atom stereocenters. The lowest BCUT2D eigenvalue weighted by atomic mass is 9.94. The summed E-state index contributed by atoms with van der Waals surface area (Å²) in [5.74, 6) is 0.480. The first-order valence-corrected chi connectivity index (χ1v) is 10.3. The van der Waals surface area contributed by atoms with Crippen molar-refractivity contribution < 1.29 is 14.1 Å². The molecule has 0 fully saturated rings. The number of carbonyl (C=O) groups is 1. The van der Waals surface area contributed by atoms with Crippen LogP contribution in [0, 0.1) is 0 Å². The first-order chi connectivity index (χ1) is 13.7. The summed E-state index contributed by atoms with van der Waals surface area (Å²) >= 11 is -1.23. The van der Waals surface area contributed by atoms with Crippen molar-refractivity contribution in [1.82, 2.24) is 0 Å². The third-order valence-electron chi connectivity index (χ3n) is 4.99. The van der Waals surface area contributed by atoms with Gasteiger partial charge in [-0.1, -0.05) is 48.5 Å². The number of carbonyl (C=O) groups excluding carboxylic acids is 1. The fraction of sp³-hybridized carbons (Fsp3) is 0.0870. The zero-order valence-corrected chi connectivity index (χ0v) is 15.7. The lowest BCUT2D eigenvalue weighted by Crippen LogP contribution is -2.25. The number of benzene rings is 3. The molecule has 138 valence electrons. The number of nitrogens with one attached hydrogen (secondary N) is 1. The van der Waals surface area contributed by atoms with Gasteiger partial charge in [0.25, 0.3) is 5.91 Å². The molecule has 2 atom stereocenters. The summed E-state index contributed by atoms with van der Waals surface area (Å²) in [7, 11) is 0. The molecule has 0 spiro atoms. The average molecular weight is 387 g/mol. The van der Waals surface area contributed by atoms with Crippen molar-refractivity contribution in [2.24, 2.45) is 0 Å². The Labute approximate surface area is 166 Å². The minimum Gasteiger partial charge on any atom is -0.611 e. The molecule has 28 heavy (non-hydrogen) atoms. The topological polar surface area (TPSA) is 61.4 Å². The first kappa shape index (κ1) is 17.1. The van der Waals surface area contributed by atoms with E-state index in [1.54, 1.807) is 0 Å². The molecular weight excluding hydrogens is 370 g/mol. The molecular formula is C23H17NO3S. The van der Waals surface area contributed by atoms with Crippen LogP contribution in [-0.2, 0) is 16.0 Å². The number of amides is 1. The van der Waals surface area contributed by atoms with Crippen molar-refractivity contribution in [3.8, 4) is 5.75 Å². The summed E-state index contributed by atoms with van der Waals surface area (Å²) in [6.45, 7) is 0.0269. The smallest absolute Gasteiger partial charge is 0.262 e. The summed E-state index contributed by atoms with van der Waals surface area (Å²) in [5.41, 5.74) is 4.49. The predicted octanol–water partition coefficient (Wildman–Crippen LogP) is 4.42. The highest BCUT2D eigenvalue weighted by Crippen LogP contribution is 2.47. The Hall–Kier alpha value is -3.02. The van der Waals surface area contributed by atoms with E-state index in [-0.39, 0.29) is 17.8 Å². The third-order valence-corrected chi connectivity index (χ3v) is 6.75. The second kappa shape index (κ2) is 6.86. The van der Waals surface area contributed by atoms with Crippen LogP contribution >= 0.6 is 0 Å². The van der Waals surface area contributed by atoms with Crippen LogP contribution in [0.3, 0.4) is 0 Å². The molecule has 0 radical (unpaired) electrons. The quantitative estimate of drug-likeness (QED) is 0.662. The highest BCUT2D eigenvalue weighted by atomic mass is 32.2. The van der Waals surface area contributed by atoms with Gasteiger partial charge in [0.05, 0.1) is 5.69 Å². The molecule has 1 amide bonds. The van der Waals surface area contributed by atoms with Crippen LogP contribution in [-0.4, -0.2) is 17.1 Å². The lowest BCUT2D eigenvalue weighted by Gasteiger charge is -2.29. The van der Waals surface area contributed by atoms with E-state index in [0.717, 1.165) is 27.2 Å². The fourth-order valence-corrected chi connectivity index (χ4v) is 5.36. The number of hydrogen-bond acceptors (Lipinski definition) is 3. The van der Waals surface area contributed by atoms with Crippen molar-refractivity contribution in [2.45, 2.75) is 10.1 Å². The largest absolute Gasteiger partial charge is 0.611 e. The van der Waals surface area contributed by atoms with Gasteiger partial charge in [-0.2, -0.15) is 0 Å². The molecule has 2 heterocycles. The van der Waals surface area contributed by atoms with Gasteiger partial charge in [-0.3, -0.25) is 4.79 Å². The van der Waals surface area contributed by atoms with E-state index in [1.807, 2.05) is 72.8 Å². The molecule has 4 nitrogen and oxygen atoms in total. The van der Waals surface area contributed by atoms with Gasteiger partial charge in [0, 0.05) is 16.7 Å². The zero-order valence-electron chi connectivity index (χ0n) is 14.9. The van der Waals surface area contributed by atoms with Crippen LogP contribution in [0.2, 0.25) is 0 Å². The van der Waals surface area contributed by atoms with Crippen LogP contribution in [0.15, 0.2) is 77.7 Å². The second-order valence-corrected chi connectivity index (χ2v) is 8.28. The van der Waals surface area contributed by atoms with E-state index in [1.165, 1.54) is 0 Å². The van der Waals surface area contributed by atoms with Crippen molar-refractivity contribution in [2.75, 3.05) is 11.9 Å². The molecule has 2 aliphatic heterocycles. The Morgan fingerprint density at radius 2 is 1.79 bits per heavy atom. The standard InChI is InChI=1S/C23H17NO3S/c25-22-14-27-20-11-10-16(13-19(20)24-22)18-12-17-8-4-5-9-21(17)28(26)23(18)15-6-2-1-3-7-15/h1-13,23H,14H2,(H,24,25). The van der Waals surface area contributed by atoms with E-state index in [4.69, 9.17) is 4.74 Å². The highest BCUT2D eigenvalue weighted by molar-refractivity contribution is 7.92. The van der Waals surface area contributed by atoms with Crippen molar-refractivity contribution >= 4 is 34.4 Å².